The van der Waals surface area contributed by atoms with Gasteiger partial charge in [0.2, 0.25) is 0 Å². The van der Waals surface area contributed by atoms with Gasteiger partial charge in [0.25, 0.3) is 0 Å². The number of rotatable bonds is 6. The summed E-state index contributed by atoms with van der Waals surface area (Å²) in [4.78, 5) is 25.8. The Kier molecular flexibility index (Phi) is 7.20. The molecule has 0 unspecified atom stereocenters. The normalized spacial score (nSPS) is 19.7. The van der Waals surface area contributed by atoms with E-state index >= 15 is 0 Å². The molecule has 0 spiro atoms. The van der Waals surface area contributed by atoms with Crippen molar-refractivity contribution in [3.8, 4) is 5.82 Å². The van der Waals surface area contributed by atoms with Crippen molar-refractivity contribution in [1.29, 1.82) is 0 Å². The van der Waals surface area contributed by atoms with E-state index in [2.05, 4.69) is 35.8 Å². The Morgan fingerprint density at radius 1 is 1.11 bits per heavy atom. The molecule has 3 aromatic rings. The number of hydrogen-bond donors (Lipinski definition) is 0. The van der Waals surface area contributed by atoms with E-state index < -0.39 is 0 Å². The van der Waals surface area contributed by atoms with Gasteiger partial charge >= 0.3 is 5.97 Å². The van der Waals surface area contributed by atoms with Crippen LogP contribution >= 0.6 is 0 Å². The smallest absolute Gasteiger partial charge is 0.320 e. The van der Waals surface area contributed by atoms with E-state index in [1.807, 2.05) is 30.8 Å². The molecular weight excluding hydrogens is 456 g/mol. The number of esters is 1. The summed E-state index contributed by atoms with van der Waals surface area (Å²) < 4.78 is 12.7. The third kappa shape index (κ3) is 5.08. The highest BCUT2D eigenvalue weighted by Crippen LogP contribution is 2.33. The summed E-state index contributed by atoms with van der Waals surface area (Å²) in [6.07, 6.45) is 3.96. The number of morpholine rings is 1. The SMILES string of the molecule is CCOC(=O)CN1CCC(c2cc3c(cnn3-c3cc(N4CCOC[C@H]4C)nc(C)n3)cc2C)CC1. The first-order valence-electron chi connectivity index (χ1n) is 13.0. The third-order valence-electron chi connectivity index (χ3n) is 7.33. The van der Waals surface area contributed by atoms with Crippen LogP contribution in [0.15, 0.2) is 24.4 Å². The number of carbonyl (C=O) groups excluding carboxylic acids is 1. The quantitative estimate of drug-likeness (QED) is 0.484. The van der Waals surface area contributed by atoms with Crippen LogP contribution < -0.4 is 4.90 Å². The molecule has 1 aromatic carbocycles. The summed E-state index contributed by atoms with van der Waals surface area (Å²) in [5, 5.41) is 5.83. The number of aryl methyl sites for hydroxylation is 2. The maximum atomic E-state index is 11.9. The summed E-state index contributed by atoms with van der Waals surface area (Å²) in [7, 11) is 0. The fourth-order valence-electron chi connectivity index (χ4n) is 5.48. The number of carbonyl (C=O) groups is 1. The van der Waals surface area contributed by atoms with E-state index in [0.29, 0.717) is 32.3 Å². The van der Waals surface area contributed by atoms with E-state index in [0.717, 1.165) is 60.8 Å². The Bertz CT molecular complexity index is 1230. The minimum atomic E-state index is -0.136. The van der Waals surface area contributed by atoms with Crippen molar-refractivity contribution in [2.45, 2.75) is 52.5 Å². The van der Waals surface area contributed by atoms with E-state index in [1.165, 1.54) is 11.1 Å². The molecule has 2 aliphatic rings. The molecule has 0 amide bonds. The Morgan fingerprint density at radius 2 is 1.89 bits per heavy atom. The maximum absolute atomic E-state index is 11.9. The number of ether oxygens (including phenoxy) is 2. The number of hydrogen-bond acceptors (Lipinski definition) is 8. The third-order valence-corrected chi connectivity index (χ3v) is 7.33. The highest BCUT2D eigenvalue weighted by atomic mass is 16.5. The van der Waals surface area contributed by atoms with Crippen LogP contribution in [0.4, 0.5) is 5.82 Å². The van der Waals surface area contributed by atoms with Crippen LogP contribution in [0.1, 0.15) is 49.6 Å². The fraction of sp³-hybridized carbons (Fsp3) is 0.556. The standard InChI is InChI=1S/C27H36N6O3/c1-5-36-27(34)16-31-8-6-21(7-9-31)23-13-24-22(12-18(23)2)15-28-33(24)26-14-25(29-20(4)30-26)32-10-11-35-17-19(32)3/h12-15,19,21H,5-11,16-17H2,1-4H3/t19-/m1/s1. The lowest BCUT2D eigenvalue weighted by Crippen LogP contribution is -2.44. The molecule has 9 heteroatoms. The molecule has 0 bridgehead atoms. The first-order valence-corrected chi connectivity index (χ1v) is 13.0. The predicted molar refractivity (Wildman–Crippen MR) is 139 cm³/mol. The molecule has 0 aliphatic carbocycles. The number of piperidine rings is 1. The highest BCUT2D eigenvalue weighted by Gasteiger charge is 2.25. The molecule has 5 rings (SSSR count). The lowest BCUT2D eigenvalue weighted by atomic mass is 9.86. The van der Waals surface area contributed by atoms with Crippen LogP contribution in [0.3, 0.4) is 0 Å². The summed E-state index contributed by atoms with van der Waals surface area (Å²) in [6.45, 7) is 12.9. The first kappa shape index (κ1) is 24.6. The van der Waals surface area contributed by atoms with Crippen molar-refractivity contribution in [2.75, 3.05) is 50.9 Å². The van der Waals surface area contributed by atoms with Crippen molar-refractivity contribution < 1.29 is 14.3 Å². The summed E-state index contributed by atoms with van der Waals surface area (Å²) in [5.41, 5.74) is 3.70. The van der Waals surface area contributed by atoms with Crippen molar-refractivity contribution in [2.24, 2.45) is 0 Å². The summed E-state index contributed by atoms with van der Waals surface area (Å²) in [6, 6.07) is 6.82. The lowest BCUT2D eigenvalue weighted by Gasteiger charge is -2.34. The zero-order valence-electron chi connectivity index (χ0n) is 21.7. The molecule has 0 radical (unpaired) electrons. The van der Waals surface area contributed by atoms with Gasteiger partial charge in [0, 0.05) is 18.0 Å². The number of fused-ring (bicyclic) bond motifs is 1. The highest BCUT2D eigenvalue weighted by molar-refractivity contribution is 5.82. The Hall–Kier alpha value is -3.04. The van der Waals surface area contributed by atoms with Crippen LogP contribution in [-0.4, -0.2) is 82.7 Å². The average Bonchev–Trinajstić information content (AvgIpc) is 3.27. The molecule has 9 nitrogen and oxygen atoms in total. The zero-order chi connectivity index (χ0) is 25.2. The Morgan fingerprint density at radius 3 is 2.64 bits per heavy atom. The fourth-order valence-corrected chi connectivity index (χ4v) is 5.48. The Labute approximate surface area is 212 Å². The van der Waals surface area contributed by atoms with Gasteiger partial charge in [-0.25, -0.2) is 14.6 Å². The maximum Gasteiger partial charge on any atom is 0.320 e. The van der Waals surface area contributed by atoms with Gasteiger partial charge in [0.05, 0.1) is 44.1 Å². The second-order valence-electron chi connectivity index (χ2n) is 9.93. The van der Waals surface area contributed by atoms with E-state index in [4.69, 9.17) is 24.5 Å². The molecule has 1 atom stereocenters. The zero-order valence-corrected chi connectivity index (χ0v) is 21.7. The van der Waals surface area contributed by atoms with Crippen LogP contribution in [0.25, 0.3) is 16.7 Å². The van der Waals surface area contributed by atoms with Crippen LogP contribution in [-0.2, 0) is 14.3 Å². The molecule has 192 valence electrons. The van der Waals surface area contributed by atoms with Gasteiger partial charge in [-0.05, 0) is 82.8 Å². The minimum absolute atomic E-state index is 0.136. The Balaban J connectivity index is 1.41. The summed E-state index contributed by atoms with van der Waals surface area (Å²) >= 11 is 0. The van der Waals surface area contributed by atoms with E-state index in [9.17, 15) is 4.79 Å². The summed E-state index contributed by atoms with van der Waals surface area (Å²) in [5.74, 6) is 2.74. The van der Waals surface area contributed by atoms with Crippen LogP contribution in [0.5, 0.6) is 0 Å². The molecule has 4 heterocycles. The second-order valence-corrected chi connectivity index (χ2v) is 9.93. The number of nitrogens with zero attached hydrogens (tertiary/aromatic N) is 6. The van der Waals surface area contributed by atoms with Gasteiger partial charge in [0.15, 0.2) is 5.82 Å². The number of aromatic nitrogens is 4. The molecule has 0 saturated carbocycles. The van der Waals surface area contributed by atoms with Gasteiger partial charge in [-0.2, -0.15) is 5.10 Å². The minimum Gasteiger partial charge on any atom is -0.465 e. The van der Waals surface area contributed by atoms with Crippen molar-refractivity contribution in [3.63, 3.8) is 0 Å². The number of anilines is 1. The van der Waals surface area contributed by atoms with E-state index in [1.54, 1.807) is 0 Å². The van der Waals surface area contributed by atoms with E-state index in [-0.39, 0.29) is 12.0 Å². The van der Waals surface area contributed by atoms with Crippen molar-refractivity contribution in [3.05, 3.63) is 41.3 Å². The molecule has 0 N–H and O–H groups in total. The largest absolute Gasteiger partial charge is 0.465 e. The van der Waals surface area contributed by atoms with Crippen molar-refractivity contribution in [1.82, 2.24) is 24.6 Å². The number of benzene rings is 1. The molecule has 2 aliphatic heterocycles. The van der Waals surface area contributed by atoms with Gasteiger partial charge in [-0.15, -0.1) is 0 Å². The molecule has 2 aromatic heterocycles. The van der Waals surface area contributed by atoms with Gasteiger partial charge in [-0.1, -0.05) is 0 Å². The van der Waals surface area contributed by atoms with Gasteiger partial charge in [-0.3, -0.25) is 9.69 Å². The van der Waals surface area contributed by atoms with Gasteiger partial charge in [0.1, 0.15) is 11.6 Å². The monoisotopic (exact) mass is 492 g/mol. The number of likely N-dealkylation sites (tertiary alicyclic amines) is 1. The van der Waals surface area contributed by atoms with Crippen LogP contribution in [0, 0.1) is 13.8 Å². The first-order chi connectivity index (χ1) is 17.4. The van der Waals surface area contributed by atoms with Crippen LogP contribution in [0.2, 0.25) is 0 Å². The second kappa shape index (κ2) is 10.5. The van der Waals surface area contributed by atoms with Crippen molar-refractivity contribution >= 4 is 22.7 Å². The van der Waals surface area contributed by atoms with Gasteiger partial charge < -0.3 is 14.4 Å². The lowest BCUT2D eigenvalue weighted by molar-refractivity contribution is -0.144. The average molecular weight is 493 g/mol. The predicted octanol–water partition coefficient (Wildman–Crippen LogP) is 3.40. The molecule has 2 saturated heterocycles. The molecule has 2 fully saturated rings. The topological polar surface area (TPSA) is 85.6 Å². The molecular formula is C27H36N6O3. The molecule has 36 heavy (non-hydrogen) atoms.